The van der Waals surface area contributed by atoms with Gasteiger partial charge in [0.25, 0.3) is 0 Å². The predicted octanol–water partition coefficient (Wildman–Crippen LogP) is 10.8. The van der Waals surface area contributed by atoms with Crippen LogP contribution >= 0.6 is 24.8 Å². The van der Waals surface area contributed by atoms with Crippen LogP contribution < -0.4 is 0 Å². The van der Waals surface area contributed by atoms with Gasteiger partial charge in [-0.1, -0.05) is 62.5 Å². The Hall–Kier alpha value is -2.14. The molecule has 0 bridgehead atoms. The summed E-state index contributed by atoms with van der Waals surface area (Å²) in [6.07, 6.45) is 2.06. The van der Waals surface area contributed by atoms with Crippen LogP contribution in [0.4, 0.5) is 0 Å². The topological polar surface area (TPSA) is 9.86 Å². The van der Waals surface area contributed by atoms with E-state index in [0.29, 0.717) is 0 Å². The summed E-state index contributed by atoms with van der Waals surface area (Å²) in [6, 6.07) is 33.5. The van der Waals surface area contributed by atoms with Gasteiger partial charge in [-0.25, -0.2) is 0 Å². The van der Waals surface area contributed by atoms with E-state index < -0.39 is 16.5 Å². The van der Waals surface area contributed by atoms with Crippen LogP contribution in [0.25, 0.3) is 44.3 Å². The molecule has 45 heavy (non-hydrogen) atoms. The Morgan fingerprint density at radius 3 is 1.31 bits per heavy atom. The summed E-state index contributed by atoms with van der Waals surface area (Å²) in [4.78, 5) is 0. The molecule has 0 saturated carbocycles. The first-order valence-corrected chi connectivity index (χ1v) is 22.1. The van der Waals surface area contributed by atoms with Gasteiger partial charge in [-0.3, -0.25) is 0 Å². The molecule has 230 valence electrons. The van der Waals surface area contributed by atoms with E-state index in [4.69, 9.17) is 0 Å². The Morgan fingerprint density at radius 2 is 0.956 bits per heavy atom. The van der Waals surface area contributed by atoms with Crippen LogP contribution in [0.3, 0.4) is 0 Å². The summed E-state index contributed by atoms with van der Waals surface area (Å²) in [5, 5.41) is 2.88. The second-order valence-electron chi connectivity index (χ2n) is 14.2. The largest absolute Gasteiger partial charge is 2.00 e. The van der Waals surface area contributed by atoms with Gasteiger partial charge in [0.1, 0.15) is 0 Å². The molecule has 0 aliphatic heterocycles. The quantitative estimate of drug-likeness (QED) is 0.123. The smallest absolute Gasteiger partial charge is 0.378 e. The molecule has 2 aromatic heterocycles. The van der Waals surface area contributed by atoms with Crippen molar-refractivity contribution in [3.8, 4) is 22.5 Å². The van der Waals surface area contributed by atoms with Crippen molar-refractivity contribution in [2.45, 2.75) is 66.0 Å². The summed E-state index contributed by atoms with van der Waals surface area (Å²) in [7, 11) is -2.97. The summed E-state index contributed by atoms with van der Waals surface area (Å²) in [5.74, 6) is 0. The maximum absolute atomic E-state index is 3.44. The van der Waals surface area contributed by atoms with E-state index in [1.165, 1.54) is 77.7 Å². The van der Waals surface area contributed by atoms with Crippen molar-refractivity contribution in [1.82, 2.24) is 8.47 Å². The summed E-state index contributed by atoms with van der Waals surface area (Å²) >= 11 is 0. The summed E-state index contributed by atoms with van der Waals surface area (Å²) in [5.41, 5.74) is 17.0. The predicted molar refractivity (Wildman–Crippen MR) is 199 cm³/mol. The van der Waals surface area contributed by atoms with Gasteiger partial charge in [0, 0.05) is 21.8 Å². The van der Waals surface area contributed by atoms with E-state index in [0.717, 1.165) is 12.8 Å². The second kappa shape index (κ2) is 12.8. The molecule has 2 heterocycles. The third kappa shape index (κ3) is 5.93. The molecule has 0 spiro atoms. The minimum Gasteiger partial charge on any atom is -0.378 e. The van der Waals surface area contributed by atoms with Gasteiger partial charge in [0.2, 0.25) is 0 Å². The molecular formula is C38H42Cl2N2Si2Zr. The van der Waals surface area contributed by atoms with E-state index in [1.54, 1.807) is 0 Å². The monoisotopic (exact) mass is 742 g/mol. The fourth-order valence-corrected chi connectivity index (χ4v) is 11.0. The molecule has 0 fully saturated rings. The van der Waals surface area contributed by atoms with Gasteiger partial charge < -0.3 is 8.47 Å². The SMILES string of the molecule is Cc1ccc2c(c1)c1c(n2[Si](C)(C)C)-c2ccc[c-]c2C1.Cc1ccc2c(c1)c1c(n2[Si](C)(C)C)-c2ccc[c-]c2C1.Cl.Cl.[Zr+2]. The van der Waals surface area contributed by atoms with Gasteiger partial charge >= 0.3 is 26.2 Å². The summed E-state index contributed by atoms with van der Waals surface area (Å²) < 4.78 is 5.30. The molecule has 8 rings (SSSR count). The zero-order valence-electron chi connectivity index (χ0n) is 27.6. The number of halogens is 2. The number of hydrogen-bond acceptors (Lipinski definition) is 0. The molecule has 0 unspecified atom stereocenters. The van der Waals surface area contributed by atoms with Crippen molar-refractivity contribution < 1.29 is 26.2 Å². The van der Waals surface area contributed by atoms with Crippen molar-refractivity contribution in [3.05, 3.63) is 118 Å². The van der Waals surface area contributed by atoms with Crippen molar-refractivity contribution in [2.24, 2.45) is 0 Å². The Morgan fingerprint density at radius 1 is 0.578 bits per heavy atom. The van der Waals surface area contributed by atoms with E-state index in [9.17, 15) is 0 Å². The van der Waals surface area contributed by atoms with E-state index in [2.05, 4.69) is 134 Å². The number of rotatable bonds is 2. The van der Waals surface area contributed by atoms with Crippen LogP contribution in [0.5, 0.6) is 0 Å². The molecular weight excluding hydrogens is 703 g/mol. The van der Waals surface area contributed by atoms with Crippen LogP contribution in [-0.4, -0.2) is 24.9 Å². The molecule has 4 aromatic carbocycles. The van der Waals surface area contributed by atoms with Crippen molar-refractivity contribution >= 4 is 63.1 Å². The molecule has 2 nitrogen and oxygen atoms in total. The number of benzene rings is 4. The fraction of sp³-hybridized carbons (Fsp3) is 0.263. The molecule has 0 radical (unpaired) electrons. The van der Waals surface area contributed by atoms with Crippen LogP contribution in [0.15, 0.2) is 72.8 Å². The van der Waals surface area contributed by atoms with Crippen molar-refractivity contribution in [1.29, 1.82) is 0 Å². The van der Waals surface area contributed by atoms with Crippen LogP contribution in [-0.2, 0) is 39.0 Å². The molecule has 7 heteroatoms. The molecule has 0 saturated heterocycles. The zero-order valence-corrected chi connectivity index (χ0v) is 33.6. The van der Waals surface area contributed by atoms with Gasteiger partial charge in [-0.05, 0) is 73.5 Å². The Balaban J connectivity index is 0.000000192. The minimum atomic E-state index is -1.49. The van der Waals surface area contributed by atoms with E-state index >= 15 is 0 Å². The molecule has 2 aliphatic rings. The first kappa shape index (κ1) is 35.7. The van der Waals surface area contributed by atoms with E-state index in [-0.39, 0.29) is 51.0 Å². The first-order valence-electron chi connectivity index (χ1n) is 15.2. The standard InChI is InChI=1S/2C19H20NSi.2ClH.Zr/c2*1-13-9-10-18-16(11-13)17-12-14-7-5-6-8-15(14)19(17)20(18)21(2,3)4;;;/h2*5-6,8-11H,12H2,1-4H3;2*1H;/q2*-1;;;+2. The minimum absolute atomic E-state index is 0. The summed E-state index contributed by atoms with van der Waals surface area (Å²) in [6.45, 7) is 18.9. The average Bonchev–Trinajstić information content (AvgIpc) is 3.65. The average molecular weight is 745 g/mol. The number of aryl methyl sites for hydroxylation is 2. The maximum Gasteiger partial charge on any atom is 2.00 e. The molecule has 0 atom stereocenters. The first-order chi connectivity index (χ1) is 19.9. The van der Waals surface area contributed by atoms with Crippen molar-refractivity contribution in [2.75, 3.05) is 0 Å². The molecule has 0 amide bonds. The Kier molecular flexibility index (Phi) is 10.2. The second-order valence-corrected chi connectivity index (χ2v) is 23.8. The van der Waals surface area contributed by atoms with Crippen molar-refractivity contribution in [3.63, 3.8) is 0 Å². The van der Waals surface area contributed by atoms with Crippen LogP contribution in [0, 0.1) is 26.0 Å². The molecule has 0 N–H and O–H groups in total. The van der Waals surface area contributed by atoms with Crippen LogP contribution in [0.1, 0.15) is 33.4 Å². The number of nitrogens with zero attached hydrogens (tertiary/aromatic N) is 2. The van der Waals surface area contributed by atoms with Gasteiger partial charge in [-0.15, -0.1) is 47.1 Å². The van der Waals surface area contributed by atoms with E-state index in [1.807, 2.05) is 12.1 Å². The molecule has 2 aliphatic carbocycles. The molecule has 6 aromatic rings. The Labute approximate surface area is 302 Å². The number of aromatic nitrogens is 2. The maximum atomic E-state index is 3.44. The number of fused-ring (bicyclic) bond motifs is 10. The fourth-order valence-electron chi connectivity index (χ4n) is 7.29. The zero-order chi connectivity index (χ0) is 29.6. The van der Waals surface area contributed by atoms with Gasteiger partial charge in [0.05, 0.1) is 0 Å². The Bertz CT molecular complexity index is 1900. The van der Waals surface area contributed by atoms with Crippen LogP contribution in [0.2, 0.25) is 39.3 Å². The third-order valence-electron chi connectivity index (χ3n) is 8.90. The third-order valence-corrected chi connectivity index (χ3v) is 12.5. The number of hydrogen-bond donors (Lipinski definition) is 0. The van der Waals surface area contributed by atoms with Gasteiger partial charge in [-0.2, -0.15) is 48.5 Å². The normalized spacial score (nSPS) is 12.6. The van der Waals surface area contributed by atoms with Gasteiger partial charge in [0.15, 0.2) is 16.5 Å².